The number of hydrogen-bond donors (Lipinski definition) is 0. The van der Waals surface area contributed by atoms with E-state index in [0.717, 1.165) is 30.8 Å². The second-order valence-corrected chi connectivity index (χ2v) is 5.79. The molecule has 0 spiro atoms. The van der Waals surface area contributed by atoms with Gasteiger partial charge >= 0.3 is 6.09 Å². The van der Waals surface area contributed by atoms with Gasteiger partial charge in [-0.3, -0.25) is 0 Å². The van der Waals surface area contributed by atoms with E-state index in [1.54, 1.807) is 0 Å². The lowest BCUT2D eigenvalue weighted by Gasteiger charge is -2.25. The average Bonchev–Trinajstić information content (AvgIpc) is 2.54. The van der Waals surface area contributed by atoms with Crippen LogP contribution in [0.3, 0.4) is 0 Å². The van der Waals surface area contributed by atoms with Gasteiger partial charge in [-0.2, -0.15) is 0 Å². The number of likely N-dealkylation sites (tertiary alicyclic amines) is 1. The molecular formula is C12H21NO2. The maximum atomic E-state index is 11.7. The second-order valence-electron chi connectivity index (χ2n) is 5.79. The van der Waals surface area contributed by atoms with Crippen LogP contribution in [0.4, 0.5) is 4.79 Å². The van der Waals surface area contributed by atoms with Crippen molar-refractivity contribution in [3.05, 3.63) is 0 Å². The number of piperidine rings is 1. The van der Waals surface area contributed by atoms with E-state index < -0.39 is 0 Å². The number of ether oxygens (including phenoxy) is 1. The number of carbonyl (C=O) groups is 1. The summed E-state index contributed by atoms with van der Waals surface area (Å²) < 4.78 is 5.35. The van der Waals surface area contributed by atoms with E-state index in [-0.39, 0.29) is 11.7 Å². The number of fused-ring (bicyclic) bond motifs is 1. The molecule has 0 aromatic carbocycles. The Hall–Kier alpha value is -0.730. The van der Waals surface area contributed by atoms with Gasteiger partial charge < -0.3 is 9.64 Å². The number of hydrogen-bond acceptors (Lipinski definition) is 2. The lowest BCUT2D eigenvalue weighted by molar-refractivity contribution is 0.0265. The van der Waals surface area contributed by atoms with Crippen molar-refractivity contribution in [2.24, 2.45) is 17.8 Å². The fourth-order valence-corrected chi connectivity index (χ4v) is 2.73. The summed E-state index contributed by atoms with van der Waals surface area (Å²) >= 11 is 0. The molecule has 3 heteroatoms. The van der Waals surface area contributed by atoms with Gasteiger partial charge in [0.15, 0.2) is 0 Å². The van der Waals surface area contributed by atoms with Gasteiger partial charge in [0.2, 0.25) is 0 Å². The third-order valence-electron chi connectivity index (χ3n) is 3.49. The molecule has 3 atom stereocenters. The minimum absolute atomic E-state index is 0.135. The van der Waals surface area contributed by atoms with Gasteiger partial charge in [-0.1, -0.05) is 13.3 Å². The lowest BCUT2D eigenvalue weighted by atomic mass is 10.2. The zero-order chi connectivity index (χ0) is 11.2. The summed E-state index contributed by atoms with van der Waals surface area (Å²) in [5.74, 6) is 2.41. The number of rotatable bonds is 1. The Bertz CT molecular complexity index is 257. The molecule has 0 N–H and O–H groups in total. The summed E-state index contributed by atoms with van der Waals surface area (Å²) in [5.41, 5.74) is -0.367. The van der Waals surface area contributed by atoms with Gasteiger partial charge in [-0.25, -0.2) is 4.79 Å². The third kappa shape index (κ3) is 2.11. The maximum Gasteiger partial charge on any atom is 0.410 e. The highest BCUT2D eigenvalue weighted by Gasteiger charge is 2.55. The summed E-state index contributed by atoms with van der Waals surface area (Å²) in [6, 6.07) is 0. The Morgan fingerprint density at radius 3 is 2.27 bits per heavy atom. The number of amides is 1. The van der Waals surface area contributed by atoms with Crippen LogP contribution in [0.25, 0.3) is 0 Å². The molecular weight excluding hydrogens is 190 g/mol. The Labute approximate surface area is 91.8 Å². The molecule has 86 valence electrons. The molecule has 0 unspecified atom stereocenters. The fraction of sp³-hybridized carbons (Fsp3) is 0.917. The van der Waals surface area contributed by atoms with Crippen LogP contribution in [-0.2, 0) is 4.74 Å². The molecule has 1 aliphatic heterocycles. The van der Waals surface area contributed by atoms with E-state index in [2.05, 4.69) is 6.92 Å². The molecule has 1 saturated carbocycles. The van der Waals surface area contributed by atoms with Crippen molar-refractivity contribution < 1.29 is 9.53 Å². The highest BCUT2D eigenvalue weighted by molar-refractivity contribution is 5.68. The monoisotopic (exact) mass is 211 g/mol. The largest absolute Gasteiger partial charge is 0.444 e. The highest BCUT2D eigenvalue weighted by atomic mass is 16.6. The van der Waals surface area contributed by atoms with Gasteiger partial charge in [0.05, 0.1) is 0 Å². The minimum Gasteiger partial charge on any atom is -0.444 e. The van der Waals surface area contributed by atoms with Gasteiger partial charge in [-0.05, 0) is 38.5 Å². The standard InChI is InChI=1S/C12H21NO2/c1-5-8-9-6-13(7-10(8)9)11(14)15-12(2,3)4/h8-10H,5-7H2,1-4H3/t8-,9-,10+. The molecule has 0 radical (unpaired) electrons. The van der Waals surface area contributed by atoms with Crippen molar-refractivity contribution in [2.45, 2.75) is 39.7 Å². The fourth-order valence-electron chi connectivity index (χ4n) is 2.73. The van der Waals surface area contributed by atoms with Gasteiger partial charge in [0.1, 0.15) is 5.60 Å². The highest BCUT2D eigenvalue weighted by Crippen LogP contribution is 2.53. The van der Waals surface area contributed by atoms with Crippen LogP contribution in [0.1, 0.15) is 34.1 Å². The van der Waals surface area contributed by atoms with Crippen molar-refractivity contribution in [1.29, 1.82) is 0 Å². The topological polar surface area (TPSA) is 29.5 Å². The molecule has 1 aliphatic carbocycles. The van der Waals surface area contributed by atoms with Crippen molar-refractivity contribution in [3.8, 4) is 0 Å². The zero-order valence-electron chi connectivity index (χ0n) is 10.1. The first kappa shape index (κ1) is 10.8. The van der Waals surface area contributed by atoms with Crippen molar-refractivity contribution >= 4 is 6.09 Å². The molecule has 1 saturated heterocycles. The molecule has 2 fully saturated rings. The quantitative estimate of drug-likeness (QED) is 0.667. The molecule has 1 amide bonds. The minimum atomic E-state index is -0.367. The van der Waals surface area contributed by atoms with Crippen LogP contribution in [0.2, 0.25) is 0 Å². The Balaban J connectivity index is 1.82. The molecule has 0 aromatic heterocycles. The van der Waals surface area contributed by atoms with E-state index in [9.17, 15) is 4.79 Å². The summed E-state index contributed by atoms with van der Waals surface area (Å²) in [4.78, 5) is 13.6. The van der Waals surface area contributed by atoms with Crippen LogP contribution >= 0.6 is 0 Å². The molecule has 2 rings (SSSR count). The van der Waals surface area contributed by atoms with Crippen molar-refractivity contribution in [3.63, 3.8) is 0 Å². The lowest BCUT2D eigenvalue weighted by Crippen LogP contribution is -2.37. The third-order valence-corrected chi connectivity index (χ3v) is 3.49. The summed E-state index contributed by atoms with van der Waals surface area (Å²) in [6.45, 7) is 9.81. The first-order valence-corrected chi connectivity index (χ1v) is 5.90. The molecule has 0 bridgehead atoms. The van der Waals surface area contributed by atoms with E-state index in [1.165, 1.54) is 6.42 Å². The number of nitrogens with zero attached hydrogens (tertiary/aromatic N) is 1. The smallest absolute Gasteiger partial charge is 0.410 e. The van der Waals surface area contributed by atoms with E-state index >= 15 is 0 Å². The first-order chi connectivity index (χ1) is 6.92. The molecule has 2 aliphatic rings. The molecule has 1 heterocycles. The summed E-state index contributed by atoms with van der Waals surface area (Å²) in [6.07, 6.45) is 1.13. The Morgan fingerprint density at radius 2 is 1.87 bits per heavy atom. The van der Waals surface area contributed by atoms with Gasteiger partial charge in [0.25, 0.3) is 0 Å². The van der Waals surface area contributed by atoms with E-state index in [4.69, 9.17) is 4.74 Å². The number of carbonyl (C=O) groups excluding carboxylic acids is 1. The van der Waals surface area contributed by atoms with E-state index in [0.29, 0.717) is 0 Å². The Morgan fingerprint density at radius 1 is 1.33 bits per heavy atom. The molecule has 15 heavy (non-hydrogen) atoms. The summed E-state index contributed by atoms with van der Waals surface area (Å²) in [5, 5.41) is 0. The van der Waals surface area contributed by atoms with Crippen LogP contribution in [-0.4, -0.2) is 29.7 Å². The Kier molecular flexibility index (Phi) is 2.44. The van der Waals surface area contributed by atoms with Crippen LogP contribution in [0.5, 0.6) is 0 Å². The molecule has 3 nitrogen and oxygen atoms in total. The summed E-state index contributed by atoms with van der Waals surface area (Å²) in [7, 11) is 0. The normalized spacial score (nSPS) is 33.9. The zero-order valence-corrected chi connectivity index (χ0v) is 10.1. The SMILES string of the molecule is CC[C@@H]1[C@H]2CN(C(=O)OC(C)(C)C)C[C@@H]12. The maximum absolute atomic E-state index is 11.7. The second kappa shape index (κ2) is 3.39. The first-order valence-electron chi connectivity index (χ1n) is 5.90. The van der Waals surface area contributed by atoms with Crippen molar-refractivity contribution in [2.75, 3.05) is 13.1 Å². The predicted molar refractivity (Wildman–Crippen MR) is 58.6 cm³/mol. The van der Waals surface area contributed by atoms with Crippen LogP contribution < -0.4 is 0 Å². The van der Waals surface area contributed by atoms with Gasteiger partial charge in [0, 0.05) is 13.1 Å². The van der Waals surface area contributed by atoms with Crippen LogP contribution in [0.15, 0.2) is 0 Å². The average molecular weight is 211 g/mol. The predicted octanol–water partition coefficient (Wildman–Crippen LogP) is 2.51. The van der Waals surface area contributed by atoms with Gasteiger partial charge in [-0.15, -0.1) is 0 Å². The van der Waals surface area contributed by atoms with E-state index in [1.807, 2.05) is 25.7 Å². The van der Waals surface area contributed by atoms with Crippen LogP contribution in [0, 0.1) is 17.8 Å². The molecule has 0 aromatic rings. The van der Waals surface area contributed by atoms with Crippen molar-refractivity contribution in [1.82, 2.24) is 4.90 Å².